The third-order valence-electron chi connectivity index (χ3n) is 4.92. The standard InChI is InChI=1S/C20H25N9O8S2/c1-8(2)37-20(33)36-4-3-35-17(32)13-9(5-24-27-18(21)22)6-38-16-12(15(31)29(13)16)26-14(30)11(28-34)10-7-39-19(23)25-10/h5,7-8,11-12,16H,3-4,6H2,1-2H3,(H2,23,25)(H,26,30)(H4,21,22,27)/t11?,12-,16-/m1/s1. The third kappa shape index (κ3) is 7.19. The number of nitrogens with one attached hydrogen (secondary N) is 1. The number of aromatic nitrogens is 1. The summed E-state index contributed by atoms with van der Waals surface area (Å²) in [6.45, 7) is 2.65. The van der Waals surface area contributed by atoms with Crippen molar-refractivity contribution >= 4 is 64.3 Å². The number of hydrogen-bond donors (Lipinski definition) is 4. The SMILES string of the molecule is CC(C)OC(=O)OCCOC(=O)C1=C(C=NN=C(N)N)CS[C@@H]2[C@H](NC(=O)C(N=O)c3csc(N)n3)C(=O)N12. The number of hydrogen-bond acceptors (Lipinski definition) is 15. The zero-order valence-corrected chi connectivity index (χ0v) is 22.3. The highest BCUT2D eigenvalue weighted by atomic mass is 32.2. The number of ether oxygens (including phenoxy) is 3. The molecule has 1 aromatic heterocycles. The van der Waals surface area contributed by atoms with Crippen LogP contribution in [0, 0.1) is 4.91 Å². The van der Waals surface area contributed by atoms with Gasteiger partial charge in [0.2, 0.25) is 12.0 Å². The zero-order valence-electron chi connectivity index (χ0n) is 20.6. The summed E-state index contributed by atoms with van der Waals surface area (Å²) in [6.07, 6.45) is -0.134. The van der Waals surface area contributed by atoms with Crippen LogP contribution in [0.5, 0.6) is 0 Å². The molecular weight excluding hydrogens is 558 g/mol. The van der Waals surface area contributed by atoms with Crippen LogP contribution in [-0.4, -0.2) is 82.5 Å². The predicted molar refractivity (Wildman–Crippen MR) is 140 cm³/mol. The van der Waals surface area contributed by atoms with E-state index in [1.807, 2.05) is 0 Å². The summed E-state index contributed by atoms with van der Waals surface area (Å²) in [7, 11) is 0. The van der Waals surface area contributed by atoms with Crippen molar-refractivity contribution in [1.82, 2.24) is 15.2 Å². The van der Waals surface area contributed by atoms with Crippen molar-refractivity contribution < 1.29 is 33.4 Å². The smallest absolute Gasteiger partial charge is 0.457 e. The lowest BCUT2D eigenvalue weighted by Crippen LogP contribution is -2.71. The van der Waals surface area contributed by atoms with E-state index in [0.717, 1.165) is 16.2 Å². The van der Waals surface area contributed by atoms with Gasteiger partial charge in [0.1, 0.15) is 30.3 Å². The number of β-lactam (4-membered cyclic amide) rings is 1. The van der Waals surface area contributed by atoms with Crippen molar-refractivity contribution in [3.8, 4) is 0 Å². The van der Waals surface area contributed by atoms with Crippen LogP contribution < -0.4 is 22.5 Å². The molecule has 7 N–H and O–H groups in total. The van der Waals surface area contributed by atoms with Crippen LogP contribution in [0.15, 0.2) is 32.0 Å². The van der Waals surface area contributed by atoms with E-state index in [2.05, 4.69) is 25.7 Å². The van der Waals surface area contributed by atoms with Gasteiger partial charge in [-0.2, -0.15) is 5.10 Å². The number of guanidine groups is 1. The Balaban J connectivity index is 1.73. The summed E-state index contributed by atoms with van der Waals surface area (Å²) in [5.74, 6) is -2.60. The fourth-order valence-electron chi connectivity index (χ4n) is 3.35. The number of nitrogens with two attached hydrogens (primary N) is 3. The van der Waals surface area contributed by atoms with Gasteiger partial charge < -0.3 is 36.7 Å². The van der Waals surface area contributed by atoms with E-state index >= 15 is 0 Å². The highest BCUT2D eigenvalue weighted by Gasteiger charge is 2.54. The van der Waals surface area contributed by atoms with Crippen LogP contribution in [-0.2, 0) is 28.6 Å². The molecule has 1 fully saturated rings. The normalized spacial score (nSPS) is 19.2. The zero-order chi connectivity index (χ0) is 28.7. The number of thiazole rings is 1. The summed E-state index contributed by atoms with van der Waals surface area (Å²) in [4.78, 5) is 66.6. The molecule has 210 valence electrons. The van der Waals surface area contributed by atoms with Gasteiger partial charge in [0, 0.05) is 16.7 Å². The molecule has 0 aliphatic carbocycles. The highest BCUT2D eigenvalue weighted by Crippen LogP contribution is 2.40. The topological polar surface area (TPSA) is 256 Å². The molecule has 1 saturated heterocycles. The van der Waals surface area contributed by atoms with Crippen molar-refractivity contribution in [2.24, 2.45) is 26.8 Å². The molecule has 0 bridgehead atoms. The molecule has 0 radical (unpaired) electrons. The lowest BCUT2D eigenvalue weighted by Gasteiger charge is -2.49. The van der Waals surface area contributed by atoms with Crippen molar-refractivity contribution in [1.29, 1.82) is 0 Å². The van der Waals surface area contributed by atoms with Crippen LogP contribution in [0.1, 0.15) is 25.6 Å². The van der Waals surface area contributed by atoms with Crippen LogP contribution in [0.2, 0.25) is 0 Å². The van der Waals surface area contributed by atoms with Gasteiger partial charge >= 0.3 is 12.1 Å². The molecular formula is C20H25N9O8S2. The van der Waals surface area contributed by atoms with Crippen molar-refractivity contribution in [3.63, 3.8) is 0 Å². The van der Waals surface area contributed by atoms with Gasteiger partial charge in [-0.1, -0.05) is 0 Å². The van der Waals surface area contributed by atoms with Gasteiger partial charge in [-0.3, -0.25) is 14.5 Å². The number of esters is 1. The predicted octanol–water partition coefficient (Wildman–Crippen LogP) is -0.449. The Labute approximate surface area is 229 Å². The molecule has 17 nitrogen and oxygen atoms in total. The molecule has 0 spiro atoms. The van der Waals surface area contributed by atoms with Crippen molar-refractivity contribution in [2.75, 3.05) is 24.7 Å². The number of amides is 2. The van der Waals surface area contributed by atoms with Crippen LogP contribution >= 0.6 is 23.1 Å². The first-order valence-corrected chi connectivity index (χ1v) is 13.1. The third-order valence-corrected chi connectivity index (χ3v) is 6.91. The summed E-state index contributed by atoms with van der Waals surface area (Å²) in [6, 6.07) is -2.59. The molecule has 3 atom stereocenters. The monoisotopic (exact) mass is 583 g/mol. The molecule has 19 heteroatoms. The maximum absolute atomic E-state index is 13.1. The number of rotatable bonds is 11. The second kappa shape index (κ2) is 13.0. The van der Waals surface area contributed by atoms with Gasteiger partial charge in [0.25, 0.3) is 11.8 Å². The number of carbonyl (C=O) groups excluding carboxylic acids is 4. The minimum atomic E-state index is -1.52. The molecule has 2 aliphatic heterocycles. The number of carbonyl (C=O) groups is 4. The Morgan fingerprint density at radius 2 is 2.00 bits per heavy atom. The molecule has 0 aromatic carbocycles. The van der Waals surface area contributed by atoms with E-state index in [1.165, 1.54) is 23.4 Å². The van der Waals surface area contributed by atoms with E-state index in [-0.39, 0.29) is 47.0 Å². The maximum Gasteiger partial charge on any atom is 0.508 e. The number of nitroso groups, excluding NO2 is 1. The Morgan fingerprint density at radius 1 is 1.28 bits per heavy atom. The summed E-state index contributed by atoms with van der Waals surface area (Å²) in [5.41, 5.74) is 16.2. The molecule has 39 heavy (non-hydrogen) atoms. The molecule has 0 saturated carbocycles. The largest absolute Gasteiger partial charge is 0.508 e. The minimum Gasteiger partial charge on any atom is -0.457 e. The fourth-order valence-corrected chi connectivity index (χ4v) is 5.22. The molecule has 2 aliphatic rings. The number of nitrogen functional groups attached to an aromatic ring is 1. The number of nitrogens with zero attached hydrogens (tertiary/aromatic N) is 5. The van der Waals surface area contributed by atoms with Crippen molar-refractivity contribution in [2.45, 2.75) is 37.4 Å². The first-order valence-electron chi connectivity index (χ1n) is 11.2. The lowest BCUT2D eigenvalue weighted by molar-refractivity contribution is -0.153. The van der Waals surface area contributed by atoms with Gasteiger partial charge in [0.05, 0.1) is 18.0 Å². The number of fused-ring (bicyclic) bond motifs is 1. The summed E-state index contributed by atoms with van der Waals surface area (Å²) in [5, 5.41) is 13.3. The Kier molecular flexibility index (Phi) is 9.77. The van der Waals surface area contributed by atoms with Gasteiger partial charge in [-0.25, -0.2) is 14.6 Å². The Hall–Kier alpha value is -4.26. The molecule has 1 aromatic rings. The molecule has 3 rings (SSSR count). The first-order chi connectivity index (χ1) is 18.5. The van der Waals surface area contributed by atoms with Crippen LogP contribution in [0.25, 0.3) is 0 Å². The van der Waals surface area contributed by atoms with Gasteiger partial charge in [0.15, 0.2) is 5.13 Å². The lowest BCUT2D eigenvalue weighted by atomic mass is 10.0. The van der Waals surface area contributed by atoms with Crippen LogP contribution in [0.4, 0.5) is 9.93 Å². The summed E-state index contributed by atoms with van der Waals surface area (Å²) < 4.78 is 14.8. The summed E-state index contributed by atoms with van der Waals surface area (Å²) >= 11 is 2.23. The van der Waals surface area contributed by atoms with E-state index < -0.39 is 47.5 Å². The Bertz CT molecular complexity index is 1230. The average molecular weight is 584 g/mol. The fraction of sp³-hybridized carbons (Fsp3) is 0.450. The van der Waals surface area contributed by atoms with E-state index in [4.69, 9.17) is 31.4 Å². The minimum absolute atomic E-state index is 0.0480. The van der Waals surface area contributed by atoms with Crippen LogP contribution in [0.3, 0.4) is 0 Å². The van der Waals surface area contributed by atoms with Crippen molar-refractivity contribution in [3.05, 3.63) is 27.3 Å². The van der Waals surface area contributed by atoms with Gasteiger partial charge in [-0.15, -0.1) is 33.1 Å². The van der Waals surface area contributed by atoms with E-state index in [0.29, 0.717) is 0 Å². The second-order valence-electron chi connectivity index (χ2n) is 8.06. The first kappa shape index (κ1) is 29.3. The molecule has 1 unspecified atom stereocenters. The maximum atomic E-state index is 13.1. The molecule has 3 heterocycles. The van der Waals surface area contributed by atoms with Gasteiger partial charge in [-0.05, 0) is 19.0 Å². The second-order valence-corrected chi connectivity index (χ2v) is 10.1. The molecule has 2 amide bonds. The number of anilines is 1. The Morgan fingerprint density at radius 3 is 2.62 bits per heavy atom. The highest BCUT2D eigenvalue weighted by molar-refractivity contribution is 8.00. The quantitative estimate of drug-likeness (QED) is 0.0490. The van der Waals surface area contributed by atoms with E-state index in [9.17, 15) is 24.1 Å². The average Bonchev–Trinajstić information content (AvgIpc) is 3.30. The number of thioether (sulfide) groups is 1. The van der Waals surface area contributed by atoms with E-state index in [1.54, 1.807) is 13.8 Å².